The molecule has 0 saturated carbocycles. The zero-order chi connectivity index (χ0) is 13.5. The topological polar surface area (TPSA) is 68.5 Å². The van der Waals surface area contributed by atoms with E-state index >= 15 is 0 Å². The molecule has 1 aliphatic rings. The lowest BCUT2D eigenvalue weighted by Crippen LogP contribution is -2.32. The van der Waals surface area contributed by atoms with Crippen molar-refractivity contribution in [3.8, 4) is 0 Å². The second-order valence-corrected chi connectivity index (χ2v) is 5.89. The van der Waals surface area contributed by atoms with Gasteiger partial charge in [0, 0.05) is 12.5 Å². The minimum atomic E-state index is 0.335. The van der Waals surface area contributed by atoms with Gasteiger partial charge in [-0.3, -0.25) is 0 Å². The molecule has 0 saturated heterocycles. The first-order valence-electron chi connectivity index (χ1n) is 6.64. The van der Waals surface area contributed by atoms with Gasteiger partial charge < -0.3 is 5.32 Å². The van der Waals surface area contributed by atoms with Gasteiger partial charge in [0.1, 0.15) is 28.6 Å². The third-order valence-electron chi connectivity index (χ3n) is 3.57. The highest BCUT2D eigenvalue weighted by molar-refractivity contribution is 7.16. The van der Waals surface area contributed by atoms with Crippen molar-refractivity contribution in [2.45, 2.75) is 32.4 Å². The van der Waals surface area contributed by atoms with Crippen LogP contribution in [0.5, 0.6) is 0 Å². The zero-order valence-electron chi connectivity index (χ0n) is 11.1. The van der Waals surface area contributed by atoms with E-state index < -0.39 is 0 Å². The van der Waals surface area contributed by atoms with E-state index in [1.54, 1.807) is 17.7 Å². The SMILES string of the molecule is Cc1nc2n(n1)C[C@H](Nc1ncnc3sccc13)CC2. The van der Waals surface area contributed by atoms with E-state index in [1.807, 2.05) is 17.0 Å². The standard InChI is InChI=1S/C13H14N6S/c1-8-16-11-3-2-9(6-19(11)18-8)17-12-10-4-5-20-13(10)15-7-14-12/h4-5,7,9H,2-3,6H2,1H3,(H,14,15,17)/t9-/m1/s1. The molecule has 0 unspecified atom stereocenters. The number of nitrogens with zero attached hydrogens (tertiary/aromatic N) is 5. The van der Waals surface area contributed by atoms with Gasteiger partial charge in [0.2, 0.25) is 0 Å². The molecule has 0 amide bonds. The first-order valence-corrected chi connectivity index (χ1v) is 7.52. The third-order valence-corrected chi connectivity index (χ3v) is 4.39. The fourth-order valence-electron chi connectivity index (χ4n) is 2.65. The summed E-state index contributed by atoms with van der Waals surface area (Å²) in [4.78, 5) is 14.1. The lowest BCUT2D eigenvalue weighted by Gasteiger charge is -2.24. The minimum absolute atomic E-state index is 0.335. The molecule has 1 atom stereocenters. The van der Waals surface area contributed by atoms with Crippen molar-refractivity contribution in [1.82, 2.24) is 24.7 Å². The molecule has 0 radical (unpaired) electrons. The van der Waals surface area contributed by atoms with E-state index in [-0.39, 0.29) is 0 Å². The molecule has 1 N–H and O–H groups in total. The first-order chi connectivity index (χ1) is 9.79. The number of rotatable bonds is 2. The van der Waals surface area contributed by atoms with E-state index in [0.717, 1.165) is 47.1 Å². The van der Waals surface area contributed by atoms with Gasteiger partial charge >= 0.3 is 0 Å². The fourth-order valence-corrected chi connectivity index (χ4v) is 3.38. The number of aryl methyl sites for hydroxylation is 2. The van der Waals surface area contributed by atoms with Crippen LogP contribution in [0.25, 0.3) is 10.2 Å². The number of nitrogens with one attached hydrogen (secondary N) is 1. The Balaban J connectivity index is 1.60. The van der Waals surface area contributed by atoms with Crippen LogP contribution in [0.1, 0.15) is 18.1 Å². The predicted octanol–water partition coefficient (Wildman–Crippen LogP) is 2.02. The van der Waals surface area contributed by atoms with Gasteiger partial charge in [0.05, 0.1) is 11.9 Å². The molecule has 0 spiro atoms. The maximum absolute atomic E-state index is 4.43. The predicted molar refractivity (Wildman–Crippen MR) is 77.9 cm³/mol. The smallest absolute Gasteiger partial charge is 0.147 e. The van der Waals surface area contributed by atoms with Gasteiger partial charge in [-0.1, -0.05) is 0 Å². The van der Waals surface area contributed by atoms with Gasteiger partial charge in [-0.05, 0) is 24.8 Å². The van der Waals surface area contributed by atoms with Crippen molar-refractivity contribution in [3.05, 3.63) is 29.4 Å². The maximum atomic E-state index is 4.43. The van der Waals surface area contributed by atoms with E-state index in [2.05, 4.69) is 31.4 Å². The molecular formula is C13H14N6S. The van der Waals surface area contributed by atoms with Gasteiger partial charge in [0.15, 0.2) is 0 Å². The average Bonchev–Trinajstić information content (AvgIpc) is 3.03. The van der Waals surface area contributed by atoms with Crippen LogP contribution in [-0.2, 0) is 13.0 Å². The van der Waals surface area contributed by atoms with Crippen molar-refractivity contribution in [3.63, 3.8) is 0 Å². The molecule has 0 aromatic carbocycles. The molecule has 0 aliphatic carbocycles. The van der Waals surface area contributed by atoms with Crippen molar-refractivity contribution in [1.29, 1.82) is 0 Å². The van der Waals surface area contributed by atoms with Crippen molar-refractivity contribution < 1.29 is 0 Å². The van der Waals surface area contributed by atoms with Crippen LogP contribution in [0.2, 0.25) is 0 Å². The van der Waals surface area contributed by atoms with Gasteiger partial charge in [-0.2, -0.15) is 5.10 Å². The van der Waals surface area contributed by atoms with E-state index in [1.165, 1.54) is 0 Å². The summed E-state index contributed by atoms with van der Waals surface area (Å²) in [7, 11) is 0. The van der Waals surface area contributed by atoms with Crippen LogP contribution < -0.4 is 5.32 Å². The summed E-state index contributed by atoms with van der Waals surface area (Å²) in [5.74, 6) is 2.85. The second kappa shape index (κ2) is 4.52. The van der Waals surface area contributed by atoms with Crippen LogP contribution in [0.4, 0.5) is 5.82 Å². The Morgan fingerprint density at radius 1 is 1.40 bits per heavy atom. The van der Waals surface area contributed by atoms with E-state index in [9.17, 15) is 0 Å². The molecule has 3 aromatic rings. The molecule has 0 bridgehead atoms. The molecule has 20 heavy (non-hydrogen) atoms. The molecule has 1 aliphatic heterocycles. The molecule has 4 heterocycles. The Bertz CT molecular complexity index is 761. The Kier molecular flexibility index (Phi) is 2.66. The highest BCUT2D eigenvalue weighted by atomic mass is 32.1. The lowest BCUT2D eigenvalue weighted by molar-refractivity contribution is 0.440. The van der Waals surface area contributed by atoms with E-state index in [4.69, 9.17) is 0 Å². The molecule has 102 valence electrons. The van der Waals surface area contributed by atoms with Crippen LogP contribution >= 0.6 is 11.3 Å². The molecule has 3 aromatic heterocycles. The second-order valence-electron chi connectivity index (χ2n) is 5.00. The summed E-state index contributed by atoms with van der Waals surface area (Å²) in [6, 6.07) is 2.40. The number of hydrogen-bond acceptors (Lipinski definition) is 6. The third kappa shape index (κ3) is 1.94. The summed E-state index contributed by atoms with van der Waals surface area (Å²) < 4.78 is 2.00. The van der Waals surface area contributed by atoms with Crippen LogP contribution in [0.15, 0.2) is 17.8 Å². The molecule has 4 rings (SSSR count). The number of thiophene rings is 1. The highest BCUT2D eigenvalue weighted by Crippen LogP contribution is 2.25. The van der Waals surface area contributed by atoms with Gasteiger partial charge in [0.25, 0.3) is 0 Å². The Labute approximate surface area is 119 Å². The van der Waals surface area contributed by atoms with Crippen LogP contribution in [-0.4, -0.2) is 30.8 Å². The number of aromatic nitrogens is 5. The fraction of sp³-hybridized carbons (Fsp3) is 0.385. The summed E-state index contributed by atoms with van der Waals surface area (Å²) in [6.07, 6.45) is 3.62. The van der Waals surface area contributed by atoms with E-state index in [0.29, 0.717) is 6.04 Å². The number of anilines is 1. The highest BCUT2D eigenvalue weighted by Gasteiger charge is 2.21. The largest absolute Gasteiger partial charge is 0.365 e. The quantitative estimate of drug-likeness (QED) is 0.780. The van der Waals surface area contributed by atoms with Crippen LogP contribution in [0.3, 0.4) is 0 Å². The number of fused-ring (bicyclic) bond motifs is 2. The maximum Gasteiger partial charge on any atom is 0.147 e. The summed E-state index contributed by atoms with van der Waals surface area (Å²) in [6.45, 7) is 2.78. The summed E-state index contributed by atoms with van der Waals surface area (Å²) in [5.41, 5.74) is 0. The van der Waals surface area contributed by atoms with Crippen molar-refractivity contribution in [2.75, 3.05) is 5.32 Å². The summed E-state index contributed by atoms with van der Waals surface area (Å²) in [5, 5.41) is 11.1. The van der Waals surface area contributed by atoms with Crippen molar-refractivity contribution in [2.24, 2.45) is 0 Å². The lowest BCUT2D eigenvalue weighted by atomic mass is 10.1. The summed E-state index contributed by atoms with van der Waals surface area (Å²) >= 11 is 1.64. The van der Waals surface area contributed by atoms with Gasteiger partial charge in [-0.15, -0.1) is 11.3 Å². The monoisotopic (exact) mass is 286 g/mol. The minimum Gasteiger partial charge on any atom is -0.365 e. The number of hydrogen-bond donors (Lipinski definition) is 1. The Hall–Kier alpha value is -2.02. The first kappa shape index (κ1) is 11.8. The molecule has 7 heteroatoms. The molecular weight excluding hydrogens is 272 g/mol. The molecule has 0 fully saturated rings. The zero-order valence-corrected chi connectivity index (χ0v) is 11.9. The normalized spacial score (nSPS) is 18.1. The average molecular weight is 286 g/mol. The molecule has 6 nitrogen and oxygen atoms in total. The Morgan fingerprint density at radius 2 is 2.35 bits per heavy atom. The van der Waals surface area contributed by atoms with Crippen molar-refractivity contribution >= 4 is 27.4 Å². The van der Waals surface area contributed by atoms with Gasteiger partial charge in [-0.25, -0.2) is 19.6 Å². The van der Waals surface area contributed by atoms with Crippen LogP contribution in [0, 0.1) is 6.92 Å². The Morgan fingerprint density at radius 3 is 3.30 bits per heavy atom.